The second kappa shape index (κ2) is 10.4. The van der Waals surface area contributed by atoms with Crippen LogP contribution in [0, 0.1) is 11.3 Å². The third-order valence-electron chi connectivity index (χ3n) is 6.37. The van der Waals surface area contributed by atoms with Gasteiger partial charge in [-0.1, -0.05) is 19.3 Å². The summed E-state index contributed by atoms with van der Waals surface area (Å²) < 4.78 is 0. The van der Waals surface area contributed by atoms with Gasteiger partial charge in [-0.15, -0.1) is 0 Å². The van der Waals surface area contributed by atoms with Crippen molar-refractivity contribution >= 4 is 29.1 Å². The highest BCUT2D eigenvalue weighted by Gasteiger charge is 2.35. The zero-order chi connectivity index (χ0) is 22.4. The molecule has 31 heavy (non-hydrogen) atoms. The first-order valence-electron chi connectivity index (χ1n) is 11.0. The SMILES string of the molecule is C[C@@H](NC(=O)[C@@H]1CCCN1C(=O)CNc1cnccc1C(=N)C(N)=O)C1CCCCC1. The zero-order valence-corrected chi connectivity index (χ0v) is 18.0. The van der Waals surface area contributed by atoms with Crippen LogP contribution in [0.2, 0.25) is 0 Å². The van der Waals surface area contributed by atoms with Crippen LogP contribution in [0.25, 0.3) is 0 Å². The summed E-state index contributed by atoms with van der Waals surface area (Å²) in [6, 6.07) is 1.15. The van der Waals surface area contributed by atoms with Crippen LogP contribution in [-0.2, 0) is 14.4 Å². The Kier molecular flexibility index (Phi) is 7.59. The fourth-order valence-electron chi connectivity index (χ4n) is 4.57. The molecule has 1 aromatic heterocycles. The minimum absolute atomic E-state index is 0.0628. The van der Waals surface area contributed by atoms with E-state index in [0.717, 1.165) is 19.3 Å². The molecule has 3 amide bonds. The molecular formula is C22H32N6O3. The summed E-state index contributed by atoms with van der Waals surface area (Å²) in [6.45, 7) is 2.54. The van der Waals surface area contributed by atoms with E-state index in [1.165, 1.54) is 37.7 Å². The molecule has 1 aromatic rings. The number of aromatic nitrogens is 1. The van der Waals surface area contributed by atoms with Gasteiger partial charge in [0.2, 0.25) is 11.8 Å². The molecule has 2 fully saturated rings. The Morgan fingerprint density at radius 1 is 1.23 bits per heavy atom. The molecule has 9 heteroatoms. The Hall–Kier alpha value is -2.97. The maximum atomic E-state index is 12.9. The molecule has 0 unspecified atom stereocenters. The van der Waals surface area contributed by atoms with Gasteiger partial charge >= 0.3 is 0 Å². The predicted molar refractivity (Wildman–Crippen MR) is 118 cm³/mol. The lowest BCUT2D eigenvalue weighted by Gasteiger charge is -2.31. The molecule has 3 rings (SSSR count). The van der Waals surface area contributed by atoms with Crippen molar-refractivity contribution < 1.29 is 14.4 Å². The summed E-state index contributed by atoms with van der Waals surface area (Å²) in [6.07, 6.45) is 10.3. The van der Waals surface area contributed by atoms with Crippen molar-refractivity contribution in [2.24, 2.45) is 11.7 Å². The molecule has 9 nitrogen and oxygen atoms in total. The summed E-state index contributed by atoms with van der Waals surface area (Å²) in [7, 11) is 0. The van der Waals surface area contributed by atoms with Crippen molar-refractivity contribution in [1.82, 2.24) is 15.2 Å². The second-order valence-electron chi connectivity index (χ2n) is 8.45. The van der Waals surface area contributed by atoms with Crippen molar-refractivity contribution in [3.63, 3.8) is 0 Å². The van der Waals surface area contributed by atoms with Crippen LogP contribution in [0.3, 0.4) is 0 Å². The Morgan fingerprint density at radius 2 is 1.97 bits per heavy atom. The van der Waals surface area contributed by atoms with Crippen molar-refractivity contribution in [2.45, 2.75) is 64.0 Å². The largest absolute Gasteiger partial charge is 0.374 e. The van der Waals surface area contributed by atoms with Gasteiger partial charge in [-0.05, 0) is 44.6 Å². The lowest BCUT2D eigenvalue weighted by molar-refractivity contribution is -0.137. The summed E-state index contributed by atoms with van der Waals surface area (Å²) in [5.74, 6) is -0.636. The first kappa shape index (κ1) is 22.7. The van der Waals surface area contributed by atoms with Gasteiger partial charge in [0.25, 0.3) is 5.91 Å². The van der Waals surface area contributed by atoms with Gasteiger partial charge in [-0.2, -0.15) is 0 Å². The Morgan fingerprint density at radius 3 is 2.68 bits per heavy atom. The molecule has 0 radical (unpaired) electrons. The third-order valence-corrected chi connectivity index (χ3v) is 6.37. The van der Waals surface area contributed by atoms with Crippen molar-refractivity contribution in [3.8, 4) is 0 Å². The highest BCUT2D eigenvalue weighted by Crippen LogP contribution is 2.27. The van der Waals surface area contributed by atoms with E-state index < -0.39 is 11.9 Å². The van der Waals surface area contributed by atoms with Crippen LogP contribution in [0.5, 0.6) is 0 Å². The van der Waals surface area contributed by atoms with E-state index in [2.05, 4.69) is 22.5 Å². The minimum atomic E-state index is -0.857. The van der Waals surface area contributed by atoms with Crippen LogP contribution in [0.15, 0.2) is 18.5 Å². The van der Waals surface area contributed by atoms with Crippen LogP contribution in [0.1, 0.15) is 57.4 Å². The molecule has 0 aromatic carbocycles. The number of primary amides is 1. The monoisotopic (exact) mass is 428 g/mol. The fourth-order valence-corrected chi connectivity index (χ4v) is 4.57. The van der Waals surface area contributed by atoms with Crippen LogP contribution in [0.4, 0.5) is 5.69 Å². The number of amides is 3. The van der Waals surface area contributed by atoms with Gasteiger partial charge in [0.05, 0.1) is 18.4 Å². The van der Waals surface area contributed by atoms with E-state index in [-0.39, 0.29) is 35.7 Å². The van der Waals surface area contributed by atoms with Crippen LogP contribution in [-0.4, -0.2) is 58.5 Å². The third kappa shape index (κ3) is 5.59. The van der Waals surface area contributed by atoms with E-state index in [0.29, 0.717) is 24.6 Å². The zero-order valence-electron chi connectivity index (χ0n) is 18.0. The van der Waals surface area contributed by atoms with E-state index >= 15 is 0 Å². The number of nitrogens with one attached hydrogen (secondary N) is 3. The molecule has 0 spiro atoms. The molecule has 1 saturated carbocycles. The number of carbonyl (C=O) groups excluding carboxylic acids is 3. The highest BCUT2D eigenvalue weighted by atomic mass is 16.2. The highest BCUT2D eigenvalue weighted by molar-refractivity contribution is 6.44. The Labute approximate surface area is 182 Å². The maximum Gasteiger partial charge on any atom is 0.267 e. The number of nitrogens with two attached hydrogens (primary N) is 1. The number of carbonyl (C=O) groups is 3. The molecule has 1 aliphatic heterocycles. The molecule has 0 bridgehead atoms. The first-order valence-corrected chi connectivity index (χ1v) is 11.0. The normalized spacial score (nSPS) is 20.2. The molecule has 2 heterocycles. The molecule has 2 aliphatic rings. The van der Waals surface area contributed by atoms with Crippen LogP contribution >= 0.6 is 0 Å². The number of pyridine rings is 1. The molecular weight excluding hydrogens is 396 g/mol. The molecule has 168 valence electrons. The quantitative estimate of drug-likeness (QED) is 0.463. The number of likely N-dealkylation sites (tertiary alicyclic amines) is 1. The van der Waals surface area contributed by atoms with E-state index in [9.17, 15) is 14.4 Å². The summed E-state index contributed by atoms with van der Waals surface area (Å²) >= 11 is 0. The van der Waals surface area contributed by atoms with Gasteiger partial charge in [-0.3, -0.25) is 24.8 Å². The standard InChI is InChI=1S/C22H32N6O3/c1-14(15-6-3-2-4-7-15)27-22(31)18-8-5-11-28(18)19(29)13-26-17-12-25-10-9-16(17)20(23)21(24)30/h9-10,12,14-15,18,23,26H,2-8,11,13H2,1H3,(H2,24,30)(H,27,31)/t14-,18+/m1/s1. The van der Waals surface area contributed by atoms with Gasteiger partial charge < -0.3 is 21.3 Å². The molecule has 1 aliphatic carbocycles. The second-order valence-corrected chi connectivity index (χ2v) is 8.45. The number of nitrogens with zero attached hydrogens (tertiary/aromatic N) is 2. The topological polar surface area (TPSA) is 141 Å². The molecule has 2 atom stereocenters. The fraction of sp³-hybridized carbons (Fsp3) is 0.591. The maximum absolute atomic E-state index is 12.9. The lowest BCUT2D eigenvalue weighted by atomic mass is 9.84. The van der Waals surface area contributed by atoms with Crippen molar-refractivity contribution in [2.75, 3.05) is 18.4 Å². The number of hydrogen-bond acceptors (Lipinski definition) is 6. The molecule has 1 saturated heterocycles. The predicted octanol–water partition coefficient (Wildman–Crippen LogP) is 1.42. The van der Waals surface area contributed by atoms with Crippen molar-refractivity contribution in [3.05, 3.63) is 24.0 Å². The number of anilines is 1. The number of rotatable bonds is 8. The van der Waals surface area contributed by atoms with E-state index in [1.807, 2.05) is 0 Å². The Balaban J connectivity index is 1.58. The average molecular weight is 429 g/mol. The smallest absolute Gasteiger partial charge is 0.267 e. The Bertz CT molecular complexity index is 836. The van der Waals surface area contributed by atoms with Gasteiger partial charge in [0.15, 0.2) is 0 Å². The summed E-state index contributed by atoms with van der Waals surface area (Å²) in [5, 5.41) is 13.9. The van der Waals surface area contributed by atoms with Crippen molar-refractivity contribution in [1.29, 1.82) is 5.41 Å². The first-order chi connectivity index (χ1) is 14.9. The summed E-state index contributed by atoms with van der Waals surface area (Å²) in [4.78, 5) is 42.7. The average Bonchev–Trinajstić information content (AvgIpc) is 3.28. The van der Waals surface area contributed by atoms with Gasteiger partial charge in [0.1, 0.15) is 11.8 Å². The van der Waals surface area contributed by atoms with Crippen LogP contribution < -0.4 is 16.4 Å². The van der Waals surface area contributed by atoms with Gasteiger partial charge in [0, 0.05) is 24.3 Å². The number of hydrogen-bond donors (Lipinski definition) is 4. The molecule has 5 N–H and O–H groups in total. The lowest BCUT2D eigenvalue weighted by Crippen LogP contribution is -2.51. The van der Waals surface area contributed by atoms with E-state index in [4.69, 9.17) is 11.1 Å². The minimum Gasteiger partial charge on any atom is -0.374 e. The summed E-state index contributed by atoms with van der Waals surface area (Å²) in [5.41, 5.74) is 5.52. The van der Waals surface area contributed by atoms with Gasteiger partial charge in [-0.25, -0.2) is 0 Å². The van der Waals surface area contributed by atoms with E-state index in [1.54, 1.807) is 4.90 Å².